The summed E-state index contributed by atoms with van der Waals surface area (Å²) in [5, 5.41) is 0. The number of hydrogen-bond donors (Lipinski definition) is 0. The Kier molecular flexibility index (Phi) is 3.57. The largest absolute Gasteiger partial charge is 0.274 e. The van der Waals surface area contributed by atoms with Crippen LogP contribution in [0.4, 0.5) is 5.69 Å². The quantitative estimate of drug-likeness (QED) is 0.790. The van der Waals surface area contributed by atoms with Gasteiger partial charge >= 0.3 is 0 Å². The summed E-state index contributed by atoms with van der Waals surface area (Å²) < 4.78 is 0. The van der Waals surface area contributed by atoms with Crippen LogP contribution in [0.2, 0.25) is 0 Å². The highest BCUT2D eigenvalue weighted by Gasteiger charge is 2.34. The van der Waals surface area contributed by atoms with Crippen LogP contribution in [-0.2, 0) is 9.59 Å². The summed E-state index contributed by atoms with van der Waals surface area (Å²) >= 11 is 0. The SMILES string of the molecule is Cc1cccc(N2C(=O)CC(c3ccccc3)CC2=O)c1. The maximum Gasteiger partial charge on any atom is 0.234 e. The zero-order chi connectivity index (χ0) is 14.8. The highest BCUT2D eigenvalue weighted by atomic mass is 16.2. The van der Waals surface area contributed by atoms with Gasteiger partial charge in [0.15, 0.2) is 0 Å². The van der Waals surface area contributed by atoms with Crippen LogP contribution in [0.5, 0.6) is 0 Å². The number of carbonyl (C=O) groups is 2. The van der Waals surface area contributed by atoms with E-state index >= 15 is 0 Å². The summed E-state index contributed by atoms with van der Waals surface area (Å²) in [6.45, 7) is 1.95. The number of rotatable bonds is 2. The van der Waals surface area contributed by atoms with Crippen molar-refractivity contribution in [2.45, 2.75) is 25.7 Å². The van der Waals surface area contributed by atoms with Gasteiger partial charge < -0.3 is 0 Å². The molecule has 0 aromatic heterocycles. The Morgan fingerprint density at radius 3 is 2.19 bits per heavy atom. The second-order valence-electron chi connectivity index (χ2n) is 5.48. The van der Waals surface area contributed by atoms with Crippen molar-refractivity contribution in [3.05, 3.63) is 65.7 Å². The third-order valence-electron chi connectivity index (χ3n) is 3.87. The van der Waals surface area contributed by atoms with E-state index in [1.165, 1.54) is 4.90 Å². The summed E-state index contributed by atoms with van der Waals surface area (Å²) in [6.07, 6.45) is 0.757. The molecule has 3 heteroatoms. The predicted octanol–water partition coefficient (Wildman–Crippen LogP) is 3.43. The van der Waals surface area contributed by atoms with Crippen molar-refractivity contribution in [2.75, 3.05) is 4.90 Å². The molecule has 0 spiro atoms. The molecule has 0 aliphatic carbocycles. The molecule has 1 aliphatic rings. The van der Waals surface area contributed by atoms with E-state index in [-0.39, 0.29) is 17.7 Å². The van der Waals surface area contributed by atoms with Crippen molar-refractivity contribution in [3.8, 4) is 0 Å². The average molecular weight is 279 g/mol. The number of nitrogens with zero attached hydrogens (tertiary/aromatic N) is 1. The lowest BCUT2D eigenvalue weighted by Gasteiger charge is -2.30. The van der Waals surface area contributed by atoms with Gasteiger partial charge in [0.25, 0.3) is 0 Å². The van der Waals surface area contributed by atoms with Gasteiger partial charge in [0.05, 0.1) is 5.69 Å². The first-order chi connectivity index (χ1) is 10.1. The van der Waals surface area contributed by atoms with Crippen LogP contribution in [0.25, 0.3) is 0 Å². The van der Waals surface area contributed by atoms with E-state index < -0.39 is 0 Å². The van der Waals surface area contributed by atoms with E-state index in [1.54, 1.807) is 0 Å². The summed E-state index contributed by atoms with van der Waals surface area (Å²) in [6, 6.07) is 17.3. The number of imide groups is 1. The van der Waals surface area contributed by atoms with Gasteiger partial charge in [-0.1, -0.05) is 42.5 Å². The molecule has 0 bridgehead atoms. The molecule has 0 atom stereocenters. The summed E-state index contributed by atoms with van der Waals surface area (Å²) in [5.74, 6) is -0.247. The normalized spacial score (nSPS) is 16.3. The van der Waals surface area contributed by atoms with E-state index in [9.17, 15) is 9.59 Å². The van der Waals surface area contributed by atoms with E-state index in [0.29, 0.717) is 18.5 Å². The summed E-state index contributed by atoms with van der Waals surface area (Å²) in [5.41, 5.74) is 2.78. The molecule has 1 fully saturated rings. The van der Waals surface area contributed by atoms with Gasteiger partial charge in [0, 0.05) is 18.8 Å². The fourth-order valence-electron chi connectivity index (χ4n) is 2.83. The maximum absolute atomic E-state index is 12.4. The molecular weight excluding hydrogens is 262 g/mol. The fraction of sp³-hybridized carbons (Fsp3) is 0.222. The molecular formula is C18H17NO2. The number of aryl methyl sites for hydroxylation is 1. The van der Waals surface area contributed by atoms with Crippen LogP contribution in [0.15, 0.2) is 54.6 Å². The fourth-order valence-corrected chi connectivity index (χ4v) is 2.83. The molecule has 1 aliphatic heterocycles. The van der Waals surface area contributed by atoms with Gasteiger partial charge in [-0.2, -0.15) is 0 Å². The van der Waals surface area contributed by atoms with Crippen molar-refractivity contribution in [3.63, 3.8) is 0 Å². The molecule has 0 N–H and O–H groups in total. The molecule has 106 valence electrons. The molecule has 2 amide bonds. The monoisotopic (exact) mass is 279 g/mol. The second-order valence-corrected chi connectivity index (χ2v) is 5.48. The van der Waals surface area contributed by atoms with Crippen molar-refractivity contribution < 1.29 is 9.59 Å². The van der Waals surface area contributed by atoms with Gasteiger partial charge in [-0.05, 0) is 30.2 Å². The maximum atomic E-state index is 12.4. The summed E-state index contributed by atoms with van der Waals surface area (Å²) in [7, 11) is 0. The molecule has 0 saturated carbocycles. The standard InChI is InChI=1S/C18H17NO2/c1-13-6-5-9-16(10-13)19-17(20)11-15(12-18(19)21)14-7-3-2-4-8-14/h2-10,15H,11-12H2,1H3. The van der Waals surface area contributed by atoms with Crippen LogP contribution < -0.4 is 4.90 Å². The van der Waals surface area contributed by atoms with Crippen LogP contribution >= 0.6 is 0 Å². The Morgan fingerprint density at radius 1 is 0.905 bits per heavy atom. The molecule has 21 heavy (non-hydrogen) atoms. The van der Waals surface area contributed by atoms with Crippen molar-refractivity contribution in [1.82, 2.24) is 0 Å². The molecule has 2 aromatic carbocycles. The van der Waals surface area contributed by atoms with Gasteiger partial charge in [-0.25, -0.2) is 0 Å². The summed E-state index contributed by atoms with van der Waals surface area (Å²) in [4.78, 5) is 26.1. The van der Waals surface area contributed by atoms with Crippen LogP contribution in [0, 0.1) is 6.92 Å². The van der Waals surface area contributed by atoms with Gasteiger partial charge in [-0.15, -0.1) is 0 Å². The Morgan fingerprint density at radius 2 is 1.57 bits per heavy atom. The minimum atomic E-state index is -0.120. The minimum absolute atomic E-state index is 0.00717. The van der Waals surface area contributed by atoms with Crippen molar-refractivity contribution in [2.24, 2.45) is 0 Å². The Balaban J connectivity index is 1.86. The first kappa shape index (κ1) is 13.6. The van der Waals surface area contributed by atoms with E-state index in [0.717, 1.165) is 11.1 Å². The Labute approximate surface area is 124 Å². The van der Waals surface area contributed by atoms with Gasteiger partial charge in [-0.3, -0.25) is 14.5 Å². The zero-order valence-electron chi connectivity index (χ0n) is 12.0. The highest BCUT2D eigenvalue weighted by Crippen LogP contribution is 2.32. The van der Waals surface area contributed by atoms with Crippen molar-refractivity contribution >= 4 is 17.5 Å². The van der Waals surface area contributed by atoms with Crippen LogP contribution in [0.1, 0.15) is 29.9 Å². The minimum Gasteiger partial charge on any atom is -0.274 e. The topological polar surface area (TPSA) is 37.4 Å². The number of carbonyl (C=O) groups excluding carboxylic acids is 2. The Hall–Kier alpha value is -2.42. The van der Waals surface area contributed by atoms with Crippen molar-refractivity contribution in [1.29, 1.82) is 0 Å². The lowest BCUT2D eigenvalue weighted by atomic mass is 9.88. The van der Waals surface area contributed by atoms with E-state index in [2.05, 4.69) is 0 Å². The second kappa shape index (κ2) is 5.52. The molecule has 2 aromatic rings. The predicted molar refractivity (Wildman–Crippen MR) is 82.1 cm³/mol. The third kappa shape index (κ3) is 2.72. The lowest BCUT2D eigenvalue weighted by Crippen LogP contribution is -2.42. The molecule has 1 saturated heterocycles. The van der Waals surface area contributed by atoms with E-state index in [1.807, 2.05) is 61.5 Å². The highest BCUT2D eigenvalue weighted by molar-refractivity contribution is 6.17. The first-order valence-electron chi connectivity index (χ1n) is 7.12. The van der Waals surface area contributed by atoms with Crippen LogP contribution in [0.3, 0.4) is 0 Å². The number of benzene rings is 2. The van der Waals surface area contributed by atoms with Gasteiger partial charge in [0.1, 0.15) is 0 Å². The lowest BCUT2D eigenvalue weighted by molar-refractivity contribution is -0.129. The third-order valence-corrected chi connectivity index (χ3v) is 3.87. The smallest absolute Gasteiger partial charge is 0.234 e. The van der Waals surface area contributed by atoms with Crippen LogP contribution in [-0.4, -0.2) is 11.8 Å². The Bertz CT molecular complexity index is 661. The van der Waals surface area contributed by atoms with E-state index in [4.69, 9.17) is 0 Å². The average Bonchev–Trinajstić information content (AvgIpc) is 2.47. The molecule has 3 rings (SSSR count). The molecule has 0 unspecified atom stereocenters. The van der Waals surface area contributed by atoms with Gasteiger partial charge in [0.2, 0.25) is 11.8 Å². The number of amides is 2. The molecule has 3 nitrogen and oxygen atoms in total. The molecule has 1 heterocycles. The number of hydrogen-bond acceptors (Lipinski definition) is 2. The number of anilines is 1. The first-order valence-corrected chi connectivity index (χ1v) is 7.12. The number of piperidine rings is 1. The zero-order valence-corrected chi connectivity index (χ0v) is 12.0. The molecule has 0 radical (unpaired) electrons.